The molecule has 10 heavy (non-hydrogen) atoms. The van der Waals surface area contributed by atoms with Gasteiger partial charge in [0.25, 0.3) is 0 Å². The fourth-order valence-electron chi connectivity index (χ4n) is 1.24. The Kier molecular flexibility index (Phi) is 3.02. The van der Waals surface area contributed by atoms with E-state index >= 15 is 0 Å². The van der Waals surface area contributed by atoms with Gasteiger partial charge in [0, 0.05) is 19.0 Å². The second-order valence-corrected chi connectivity index (χ2v) is 3.94. The van der Waals surface area contributed by atoms with Gasteiger partial charge in [0.2, 0.25) is 0 Å². The van der Waals surface area contributed by atoms with Crippen LogP contribution in [-0.2, 0) is 0 Å². The normalized spacial score (nSPS) is 28.3. The fraction of sp³-hybridized carbons (Fsp3) is 0.833. The molecular formula is C6H13N2PS. The highest BCUT2D eigenvalue weighted by Crippen LogP contribution is 2.18. The Morgan fingerprint density at radius 2 is 2.40 bits per heavy atom. The Hall–Kier alpha value is 0.280. The van der Waals surface area contributed by atoms with Crippen LogP contribution in [0.4, 0.5) is 0 Å². The standard InChI is InChI=1S/C6H13N2PS/c7-6(10)5-2-1-3-8(9)4-5/h5H,1-4,9H2,(H2,7,10). The molecule has 2 atom stereocenters. The predicted molar refractivity (Wildman–Crippen MR) is 50.8 cm³/mol. The molecule has 0 saturated carbocycles. The van der Waals surface area contributed by atoms with Crippen LogP contribution >= 0.6 is 21.6 Å². The summed E-state index contributed by atoms with van der Waals surface area (Å²) < 4.78 is 2.20. The Bertz CT molecular complexity index is 140. The molecule has 0 aromatic heterocycles. The summed E-state index contributed by atoms with van der Waals surface area (Å²) in [6.07, 6.45) is 2.38. The third-order valence-corrected chi connectivity index (χ3v) is 2.66. The molecule has 0 aromatic rings. The summed E-state index contributed by atoms with van der Waals surface area (Å²) in [5.41, 5.74) is 5.52. The first-order valence-electron chi connectivity index (χ1n) is 3.49. The Morgan fingerprint density at radius 3 is 2.80 bits per heavy atom. The van der Waals surface area contributed by atoms with E-state index in [1.165, 1.54) is 12.8 Å². The van der Waals surface area contributed by atoms with Crippen LogP contribution in [0.5, 0.6) is 0 Å². The fourth-order valence-corrected chi connectivity index (χ4v) is 1.87. The molecule has 4 heteroatoms. The Balaban J connectivity index is 2.39. The van der Waals surface area contributed by atoms with Crippen molar-refractivity contribution in [1.82, 2.24) is 4.67 Å². The maximum atomic E-state index is 5.52. The van der Waals surface area contributed by atoms with Gasteiger partial charge in [-0.2, -0.15) is 0 Å². The minimum atomic E-state index is 0.446. The SMILES string of the molecule is NC(=S)C1CCCN(P)C1. The lowest BCUT2D eigenvalue weighted by Crippen LogP contribution is -2.35. The van der Waals surface area contributed by atoms with Gasteiger partial charge in [0.1, 0.15) is 0 Å². The average molecular weight is 176 g/mol. The topological polar surface area (TPSA) is 29.3 Å². The molecule has 0 radical (unpaired) electrons. The van der Waals surface area contributed by atoms with Crippen molar-refractivity contribution in [2.24, 2.45) is 11.7 Å². The third kappa shape index (κ3) is 2.15. The van der Waals surface area contributed by atoms with E-state index in [4.69, 9.17) is 18.0 Å². The molecular weight excluding hydrogens is 163 g/mol. The highest BCUT2D eigenvalue weighted by molar-refractivity contribution is 7.80. The van der Waals surface area contributed by atoms with Crippen molar-refractivity contribution in [3.63, 3.8) is 0 Å². The maximum absolute atomic E-state index is 5.52. The number of nitrogens with zero attached hydrogens (tertiary/aromatic N) is 1. The van der Waals surface area contributed by atoms with Crippen LogP contribution in [0, 0.1) is 5.92 Å². The van der Waals surface area contributed by atoms with Crippen LogP contribution in [0.15, 0.2) is 0 Å². The molecule has 0 amide bonds. The van der Waals surface area contributed by atoms with Gasteiger partial charge in [-0.05, 0) is 12.8 Å². The Morgan fingerprint density at radius 1 is 1.70 bits per heavy atom. The first kappa shape index (κ1) is 8.38. The number of hydrogen-bond acceptors (Lipinski definition) is 2. The van der Waals surface area contributed by atoms with Gasteiger partial charge >= 0.3 is 0 Å². The second kappa shape index (κ2) is 3.61. The van der Waals surface area contributed by atoms with E-state index in [9.17, 15) is 0 Å². The van der Waals surface area contributed by atoms with Gasteiger partial charge in [0.05, 0.1) is 4.99 Å². The summed E-state index contributed by atoms with van der Waals surface area (Å²) in [5, 5.41) is 0. The maximum Gasteiger partial charge on any atom is 0.0771 e. The van der Waals surface area contributed by atoms with Gasteiger partial charge in [0.15, 0.2) is 0 Å². The minimum absolute atomic E-state index is 0.446. The lowest BCUT2D eigenvalue weighted by atomic mass is 10.0. The van der Waals surface area contributed by atoms with Gasteiger partial charge in [-0.1, -0.05) is 21.6 Å². The van der Waals surface area contributed by atoms with E-state index < -0.39 is 0 Å². The average Bonchev–Trinajstić information content (AvgIpc) is 1.88. The van der Waals surface area contributed by atoms with E-state index in [0.29, 0.717) is 10.9 Å². The first-order chi connectivity index (χ1) is 4.70. The second-order valence-electron chi connectivity index (χ2n) is 2.74. The Labute approximate surface area is 69.4 Å². The molecule has 2 unspecified atom stereocenters. The molecule has 2 N–H and O–H groups in total. The quantitative estimate of drug-likeness (QED) is 0.473. The van der Waals surface area contributed by atoms with Crippen LogP contribution in [0.1, 0.15) is 12.8 Å². The number of piperidine rings is 1. The van der Waals surface area contributed by atoms with Crippen molar-refractivity contribution >= 4 is 26.6 Å². The van der Waals surface area contributed by atoms with E-state index in [1.807, 2.05) is 0 Å². The van der Waals surface area contributed by atoms with Crippen molar-refractivity contribution in [2.45, 2.75) is 12.8 Å². The molecule has 1 heterocycles. The summed E-state index contributed by atoms with van der Waals surface area (Å²) in [4.78, 5) is 0.673. The van der Waals surface area contributed by atoms with Crippen LogP contribution in [0.25, 0.3) is 0 Å². The smallest absolute Gasteiger partial charge is 0.0771 e. The van der Waals surface area contributed by atoms with Gasteiger partial charge < -0.3 is 5.73 Å². The highest BCUT2D eigenvalue weighted by atomic mass is 32.1. The van der Waals surface area contributed by atoms with Crippen LogP contribution in [-0.4, -0.2) is 22.7 Å². The molecule has 0 bridgehead atoms. The third-order valence-electron chi connectivity index (χ3n) is 1.86. The summed E-state index contributed by atoms with van der Waals surface area (Å²) in [6.45, 7) is 2.17. The molecule has 1 rings (SSSR count). The molecule has 1 aliphatic rings. The van der Waals surface area contributed by atoms with Crippen molar-refractivity contribution in [2.75, 3.05) is 13.1 Å². The lowest BCUT2D eigenvalue weighted by Gasteiger charge is -2.28. The van der Waals surface area contributed by atoms with Gasteiger partial charge in [-0.15, -0.1) is 0 Å². The largest absolute Gasteiger partial charge is 0.393 e. The van der Waals surface area contributed by atoms with E-state index in [2.05, 4.69) is 14.1 Å². The molecule has 58 valence electrons. The number of thiocarbonyl (C=S) groups is 1. The van der Waals surface area contributed by atoms with Crippen molar-refractivity contribution in [3.8, 4) is 0 Å². The van der Waals surface area contributed by atoms with Crippen molar-refractivity contribution in [3.05, 3.63) is 0 Å². The zero-order chi connectivity index (χ0) is 7.56. The van der Waals surface area contributed by atoms with Crippen LogP contribution in [0.2, 0.25) is 0 Å². The van der Waals surface area contributed by atoms with Gasteiger partial charge in [-0.3, -0.25) is 4.67 Å². The molecule has 1 aliphatic heterocycles. The zero-order valence-electron chi connectivity index (χ0n) is 5.92. The highest BCUT2D eigenvalue weighted by Gasteiger charge is 2.18. The predicted octanol–water partition coefficient (Wildman–Crippen LogP) is 0.775. The summed E-state index contributed by atoms with van der Waals surface area (Å²) in [6, 6.07) is 0. The molecule has 0 aromatic carbocycles. The van der Waals surface area contributed by atoms with E-state index in [-0.39, 0.29) is 0 Å². The lowest BCUT2D eigenvalue weighted by molar-refractivity contribution is 0.338. The van der Waals surface area contributed by atoms with Crippen LogP contribution < -0.4 is 5.73 Å². The number of hydrogen-bond donors (Lipinski definition) is 1. The number of nitrogens with two attached hydrogens (primary N) is 1. The van der Waals surface area contributed by atoms with Crippen molar-refractivity contribution < 1.29 is 0 Å². The summed E-state index contributed by atoms with van der Waals surface area (Å²) in [7, 11) is 2.69. The molecule has 1 fully saturated rings. The molecule has 2 nitrogen and oxygen atoms in total. The summed E-state index contributed by atoms with van der Waals surface area (Å²) >= 11 is 4.91. The number of rotatable bonds is 1. The minimum Gasteiger partial charge on any atom is -0.393 e. The van der Waals surface area contributed by atoms with Crippen LogP contribution in [0.3, 0.4) is 0 Å². The summed E-state index contributed by atoms with van der Waals surface area (Å²) in [5.74, 6) is 0.446. The zero-order valence-corrected chi connectivity index (χ0v) is 7.89. The van der Waals surface area contributed by atoms with E-state index in [0.717, 1.165) is 13.1 Å². The molecule has 0 aliphatic carbocycles. The van der Waals surface area contributed by atoms with Crippen molar-refractivity contribution in [1.29, 1.82) is 0 Å². The van der Waals surface area contributed by atoms with Gasteiger partial charge in [-0.25, -0.2) is 0 Å². The molecule has 0 spiro atoms. The van der Waals surface area contributed by atoms with E-state index in [1.54, 1.807) is 0 Å². The monoisotopic (exact) mass is 176 g/mol. The molecule has 1 saturated heterocycles. The first-order valence-corrected chi connectivity index (χ1v) is 4.41.